The van der Waals surface area contributed by atoms with E-state index in [1.807, 2.05) is 35.5 Å². The number of hydrazine groups is 1. The van der Waals surface area contributed by atoms with Crippen LogP contribution in [0, 0.1) is 0 Å². The maximum Gasteiger partial charge on any atom is 0.349 e. The van der Waals surface area contributed by atoms with Crippen molar-refractivity contribution in [2.24, 2.45) is 0 Å². The first-order chi connectivity index (χ1) is 12.2. The molecule has 0 spiro atoms. The fraction of sp³-hybridized carbons (Fsp3) is 0.350. The summed E-state index contributed by atoms with van der Waals surface area (Å²) in [5.74, 6) is 1.04. The van der Waals surface area contributed by atoms with Crippen LogP contribution in [0.25, 0.3) is 0 Å². The van der Waals surface area contributed by atoms with E-state index in [1.54, 1.807) is 4.57 Å². The van der Waals surface area contributed by atoms with Crippen molar-refractivity contribution in [3.8, 4) is 0 Å². The van der Waals surface area contributed by atoms with Gasteiger partial charge in [0.05, 0.1) is 11.7 Å². The minimum Gasteiger partial charge on any atom is -0.357 e. The van der Waals surface area contributed by atoms with Gasteiger partial charge in [-0.3, -0.25) is 4.57 Å². The van der Waals surface area contributed by atoms with Crippen LogP contribution in [0.5, 0.6) is 0 Å². The molecule has 0 saturated carbocycles. The molecule has 1 unspecified atom stereocenters. The third-order valence-corrected chi connectivity index (χ3v) is 5.22. The van der Waals surface area contributed by atoms with Gasteiger partial charge in [-0.1, -0.05) is 30.3 Å². The first kappa shape index (κ1) is 16.0. The molecule has 4 rings (SSSR count). The highest BCUT2D eigenvalue weighted by Gasteiger charge is 2.48. The highest BCUT2D eigenvalue weighted by molar-refractivity contribution is 5.82. The lowest BCUT2D eigenvalue weighted by molar-refractivity contribution is -0.00298. The van der Waals surface area contributed by atoms with E-state index < -0.39 is 0 Å². The standard InChI is InChI=1S/C20H24N4O/c1-4-21(5-2)19-15(3)18-17-12-9-13-22(17)20(25)24(19)23(18)14-16-10-7-6-8-11-16/h6-13,18H,4-5,14H2,1-3H3. The smallest absolute Gasteiger partial charge is 0.349 e. The van der Waals surface area contributed by atoms with Crippen molar-refractivity contribution < 1.29 is 4.79 Å². The molecule has 1 atom stereocenters. The van der Waals surface area contributed by atoms with Gasteiger partial charge < -0.3 is 4.90 Å². The van der Waals surface area contributed by atoms with Crippen molar-refractivity contribution in [2.75, 3.05) is 13.1 Å². The molecule has 0 fully saturated rings. The first-order valence-corrected chi connectivity index (χ1v) is 8.95. The zero-order chi connectivity index (χ0) is 17.6. The van der Waals surface area contributed by atoms with Gasteiger partial charge in [-0.05, 0) is 44.0 Å². The van der Waals surface area contributed by atoms with Crippen LogP contribution in [-0.4, -0.2) is 38.6 Å². The van der Waals surface area contributed by atoms with Crippen molar-refractivity contribution in [2.45, 2.75) is 33.4 Å². The van der Waals surface area contributed by atoms with Gasteiger partial charge in [-0.2, -0.15) is 5.01 Å². The molecule has 130 valence electrons. The molecule has 2 aliphatic heterocycles. The van der Waals surface area contributed by atoms with E-state index in [0.29, 0.717) is 6.54 Å². The molecule has 3 heterocycles. The molecule has 0 radical (unpaired) electrons. The van der Waals surface area contributed by atoms with Gasteiger partial charge >= 0.3 is 6.03 Å². The number of nitrogens with zero attached hydrogens (tertiary/aromatic N) is 4. The van der Waals surface area contributed by atoms with Crippen LogP contribution in [0.4, 0.5) is 4.79 Å². The Morgan fingerprint density at radius 3 is 2.44 bits per heavy atom. The van der Waals surface area contributed by atoms with E-state index in [1.165, 1.54) is 11.1 Å². The number of hydrogen-bond donors (Lipinski definition) is 0. The minimum atomic E-state index is 0.00549. The van der Waals surface area contributed by atoms with Crippen LogP contribution < -0.4 is 0 Å². The maximum absolute atomic E-state index is 13.2. The fourth-order valence-corrected chi connectivity index (χ4v) is 4.06. The highest BCUT2D eigenvalue weighted by atomic mass is 16.2. The molecule has 1 aromatic carbocycles. The first-order valence-electron chi connectivity index (χ1n) is 8.95. The lowest BCUT2D eigenvalue weighted by Gasteiger charge is -2.40. The van der Waals surface area contributed by atoms with Crippen LogP contribution in [0.2, 0.25) is 0 Å². The SMILES string of the molecule is CCN(CC)C1=C(C)C2c3cccn3C(=O)N1N2Cc1ccccc1. The van der Waals surface area contributed by atoms with Gasteiger partial charge in [0.15, 0.2) is 0 Å². The van der Waals surface area contributed by atoms with Crippen molar-refractivity contribution in [3.05, 3.63) is 71.3 Å². The Hall–Kier alpha value is -2.53. The summed E-state index contributed by atoms with van der Waals surface area (Å²) in [6, 6.07) is 14.5. The van der Waals surface area contributed by atoms with Crippen LogP contribution in [0.15, 0.2) is 60.1 Å². The summed E-state index contributed by atoms with van der Waals surface area (Å²) in [6.07, 6.45) is 1.87. The molecule has 0 aliphatic carbocycles. The number of fused-ring (bicyclic) bond motifs is 4. The highest BCUT2D eigenvalue weighted by Crippen LogP contribution is 2.45. The number of amides is 1. The summed E-state index contributed by atoms with van der Waals surface area (Å²) in [6.45, 7) is 8.91. The number of carbonyl (C=O) groups is 1. The Kier molecular flexibility index (Phi) is 3.88. The van der Waals surface area contributed by atoms with E-state index in [2.05, 4.69) is 48.9 Å². The Labute approximate surface area is 148 Å². The molecule has 25 heavy (non-hydrogen) atoms. The predicted octanol–water partition coefficient (Wildman–Crippen LogP) is 3.82. The summed E-state index contributed by atoms with van der Waals surface area (Å²) in [7, 11) is 0. The second-order valence-electron chi connectivity index (χ2n) is 6.56. The lowest BCUT2D eigenvalue weighted by Crippen LogP contribution is -2.51. The van der Waals surface area contributed by atoms with Gasteiger partial charge in [0.2, 0.25) is 0 Å². The van der Waals surface area contributed by atoms with Crippen molar-refractivity contribution in [1.82, 2.24) is 19.5 Å². The number of hydrogen-bond acceptors (Lipinski definition) is 3. The molecule has 2 aliphatic rings. The summed E-state index contributed by atoms with van der Waals surface area (Å²) >= 11 is 0. The van der Waals surface area contributed by atoms with E-state index in [0.717, 1.165) is 24.6 Å². The Balaban J connectivity index is 1.81. The largest absolute Gasteiger partial charge is 0.357 e. The third kappa shape index (κ3) is 2.30. The van der Waals surface area contributed by atoms with Gasteiger partial charge in [-0.25, -0.2) is 9.80 Å². The van der Waals surface area contributed by atoms with Crippen LogP contribution in [0.1, 0.15) is 38.1 Å². The molecule has 0 saturated heterocycles. The molecule has 0 N–H and O–H groups in total. The number of rotatable bonds is 5. The fourth-order valence-electron chi connectivity index (χ4n) is 4.06. The van der Waals surface area contributed by atoms with E-state index in [4.69, 9.17) is 0 Å². The average Bonchev–Trinajstić information content (AvgIpc) is 3.19. The predicted molar refractivity (Wildman–Crippen MR) is 97.4 cm³/mol. The second kappa shape index (κ2) is 6.08. The van der Waals surface area contributed by atoms with Crippen LogP contribution in [0.3, 0.4) is 0 Å². The van der Waals surface area contributed by atoms with Crippen LogP contribution in [-0.2, 0) is 6.54 Å². The quantitative estimate of drug-likeness (QED) is 0.832. The summed E-state index contributed by atoms with van der Waals surface area (Å²) < 4.78 is 1.78. The topological polar surface area (TPSA) is 31.7 Å². The summed E-state index contributed by atoms with van der Waals surface area (Å²) in [4.78, 5) is 15.5. The zero-order valence-electron chi connectivity index (χ0n) is 15.0. The van der Waals surface area contributed by atoms with Gasteiger partial charge in [0, 0.05) is 25.8 Å². The maximum atomic E-state index is 13.2. The Bertz CT molecular complexity index is 819. The second-order valence-corrected chi connectivity index (χ2v) is 6.56. The molecule has 5 heteroatoms. The summed E-state index contributed by atoms with van der Waals surface area (Å²) in [5, 5.41) is 4.09. The molecule has 1 aromatic heterocycles. The minimum absolute atomic E-state index is 0.00549. The Morgan fingerprint density at radius 1 is 1.04 bits per heavy atom. The normalized spacial score (nSPS) is 19.6. The average molecular weight is 336 g/mol. The number of aromatic nitrogens is 1. The molecular weight excluding hydrogens is 312 g/mol. The lowest BCUT2D eigenvalue weighted by atomic mass is 10.1. The summed E-state index contributed by atoms with van der Waals surface area (Å²) in [5.41, 5.74) is 3.50. The zero-order valence-corrected chi connectivity index (χ0v) is 15.0. The van der Waals surface area contributed by atoms with Crippen molar-refractivity contribution in [3.63, 3.8) is 0 Å². The molecule has 2 aromatic rings. The van der Waals surface area contributed by atoms with Gasteiger partial charge in [0.25, 0.3) is 0 Å². The molecular formula is C20H24N4O. The molecule has 5 nitrogen and oxygen atoms in total. The Morgan fingerprint density at radius 2 is 1.76 bits per heavy atom. The van der Waals surface area contributed by atoms with E-state index in [9.17, 15) is 4.79 Å². The van der Waals surface area contributed by atoms with Crippen molar-refractivity contribution in [1.29, 1.82) is 0 Å². The molecule has 1 amide bonds. The monoisotopic (exact) mass is 336 g/mol. The number of carbonyl (C=O) groups excluding carboxylic acids is 1. The van der Waals surface area contributed by atoms with Gasteiger partial charge in [-0.15, -0.1) is 0 Å². The van der Waals surface area contributed by atoms with Crippen molar-refractivity contribution >= 4 is 6.03 Å². The number of benzene rings is 1. The third-order valence-electron chi connectivity index (χ3n) is 5.22. The molecule has 2 bridgehead atoms. The van der Waals surface area contributed by atoms with E-state index in [-0.39, 0.29) is 12.1 Å². The van der Waals surface area contributed by atoms with E-state index >= 15 is 0 Å². The van der Waals surface area contributed by atoms with Crippen LogP contribution >= 0.6 is 0 Å². The van der Waals surface area contributed by atoms with Gasteiger partial charge in [0.1, 0.15) is 5.82 Å².